The first-order chi connectivity index (χ1) is 15.1. The van der Waals surface area contributed by atoms with Gasteiger partial charge >= 0.3 is 0 Å². The second-order valence-electron chi connectivity index (χ2n) is 8.43. The zero-order chi connectivity index (χ0) is 21.4. The van der Waals surface area contributed by atoms with Crippen molar-refractivity contribution in [3.05, 3.63) is 70.0 Å². The minimum absolute atomic E-state index is 0.00717. The lowest BCUT2D eigenvalue weighted by molar-refractivity contribution is -0.124. The first-order valence-electron chi connectivity index (χ1n) is 10.9. The molecule has 1 aromatic heterocycles. The predicted molar refractivity (Wildman–Crippen MR) is 125 cm³/mol. The third-order valence-electron chi connectivity index (χ3n) is 6.06. The van der Waals surface area contributed by atoms with Crippen molar-refractivity contribution in [2.24, 2.45) is 0 Å². The van der Waals surface area contributed by atoms with Crippen LogP contribution in [0.25, 0.3) is 11.3 Å². The molecule has 3 aromatic rings. The fourth-order valence-corrected chi connectivity index (χ4v) is 5.23. The van der Waals surface area contributed by atoms with Crippen molar-refractivity contribution in [3.8, 4) is 11.3 Å². The van der Waals surface area contributed by atoms with E-state index in [1.54, 1.807) is 11.3 Å². The summed E-state index contributed by atoms with van der Waals surface area (Å²) in [7, 11) is 0. The van der Waals surface area contributed by atoms with Crippen molar-refractivity contribution in [1.82, 2.24) is 9.88 Å². The predicted octanol–water partition coefficient (Wildman–Crippen LogP) is 4.47. The van der Waals surface area contributed by atoms with Crippen LogP contribution in [0.15, 0.2) is 53.9 Å². The van der Waals surface area contributed by atoms with Gasteiger partial charge in [-0.3, -0.25) is 9.69 Å². The summed E-state index contributed by atoms with van der Waals surface area (Å²) in [5.74, 6) is 0.164. The van der Waals surface area contributed by atoms with Crippen molar-refractivity contribution in [2.75, 3.05) is 31.1 Å². The number of hydrogen-bond donors (Lipinski definition) is 0. The van der Waals surface area contributed by atoms with Crippen LogP contribution in [0, 0.1) is 6.92 Å². The highest BCUT2D eigenvalue weighted by molar-refractivity contribution is 7.09. The molecule has 5 rings (SSSR count). The third kappa shape index (κ3) is 4.28. The number of nitrogens with zero attached hydrogens (tertiary/aromatic N) is 3. The van der Waals surface area contributed by atoms with Gasteiger partial charge in [-0.15, -0.1) is 11.3 Å². The number of aryl methyl sites for hydroxylation is 1. The Morgan fingerprint density at radius 1 is 1.19 bits per heavy atom. The van der Waals surface area contributed by atoms with E-state index < -0.39 is 0 Å². The largest absolute Gasteiger partial charge is 0.368 e. The molecule has 2 aliphatic rings. The van der Waals surface area contributed by atoms with Gasteiger partial charge in [0.1, 0.15) is 0 Å². The van der Waals surface area contributed by atoms with Crippen molar-refractivity contribution in [1.29, 1.82) is 0 Å². The number of morpholine rings is 1. The average molecular weight is 434 g/mol. The SMILES string of the molecule is Cc1nc(-c2ccc3c(c2)CCN3C(=O)CN2CC(C)OC(c3ccccc3)C2)cs1. The molecule has 6 heteroatoms. The number of ether oxygens (including phenoxy) is 1. The maximum atomic E-state index is 13.2. The first-order valence-corrected chi connectivity index (χ1v) is 11.7. The molecular weight excluding hydrogens is 406 g/mol. The molecule has 1 fully saturated rings. The molecule has 0 radical (unpaired) electrons. The second-order valence-corrected chi connectivity index (χ2v) is 9.49. The van der Waals surface area contributed by atoms with Crippen molar-refractivity contribution >= 4 is 22.9 Å². The van der Waals surface area contributed by atoms with Gasteiger partial charge in [-0.2, -0.15) is 0 Å². The average Bonchev–Trinajstić information content (AvgIpc) is 3.39. The van der Waals surface area contributed by atoms with Crippen LogP contribution in [0.4, 0.5) is 5.69 Å². The molecule has 0 aliphatic carbocycles. The first kappa shape index (κ1) is 20.4. The van der Waals surface area contributed by atoms with Gasteiger partial charge in [0.05, 0.1) is 29.5 Å². The maximum absolute atomic E-state index is 13.2. The Bertz CT molecular complexity index is 1080. The Morgan fingerprint density at radius 2 is 2.03 bits per heavy atom. The lowest BCUT2D eigenvalue weighted by atomic mass is 10.1. The monoisotopic (exact) mass is 433 g/mol. The molecule has 1 saturated heterocycles. The third-order valence-corrected chi connectivity index (χ3v) is 6.83. The number of rotatable bonds is 4. The summed E-state index contributed by atoms with van der Waals surface area (Å²) < 4.78 is 6.15. The summed E-state index contributed by atoms with van der Waals surface area (Å²) in [4.78, 5) is 22.0. The van der Waals surface area contributed by atoms with Gasteiger partial charge in [-0.1, -0.05) is 36.4 Å². The number of thiazole rings is 1. The fraction of sp³-hybridized carbons (Fsp3) is 0.360. The number of amides is 1. The van der Waals surface area contributed by atoms with E-state index in [1.807, 2.05) is 30.0 Å². The van der Waals surface area contributed by atoms with E-state index in [0.29, 0.717) is 6.54 Å². The minimum atomic E-state index is 0.00717. The van der Waals surface area contributed by atoms with Crippen LogP contribution in [0.3, 0.4) is 0 Å². The van der Waals surface area contributed by atoms with Crippen LogP contribution in [-0.2, 0) is 16.0 Å². The summed E-state index contributed by atoms with van der Waals surface area (Å²) >= 11 is 1.66. The van der Waals surface area contributed by atoms with E-state index in [1.165, 1.54) is 11.1 Å². The highest BCUT2D eigenvalue weighted by Gasteiger charge is 2.31. The normalized spacial score (nSPS) is 21.3. The lowest BCUT2D eigenvalue weighted by Gasteiger charge is -2.37. The summed E-state index contributed by atoms with van der Waals surface area (Å²) in [6, 6.07) is 16.6. The molecule has 31 heavy (non-hydrogen) atoms. The minimum Gasteiger partial charge on any atom is -0.368 e. The zero-order valence-electron chi connectivity index (χ0n) is 18.0. The van der Waals surface area contributed by atoms with E-state index in [-0.39, 0.29) is 18.1 Å². The van der Waals surface area contributed by atoms with E-state index in [9.17, 15) is 4.79 Å². The Labute approximate surface area is 187 Å². The van der Waals surface area contributed by atoms with E-state index >= 15 is 0 Å². The van der Waals surface area contributed by atoms with Gasteiger partial charge in [-0.25, -0.2) is 4.98 Å². The topological polar surface area (TPSA) is 45.7 Å². The lowest BCUT2D eigenvalue weighted by Crippen LogP contribution is -2.48. The van der Waals surface area contributed by atoms with E-state index in [0.717, 1.165) is 48.0 Å². The molecule has 1 amide bonds. The number of carbonyl (C=O) groups excluding carboxylic acids is 1. The summed E-state index contributed by atoms with van der Waals surface area (Å²) in [5.41, 5.74) is 5.59. The quantitative estimate of drug-likeness (QED) is 0.609. The Balaban J connectivity index is 1.28. The number of hydrogen-bond acceptors (Lipinski definition) is 5. The zero-order valence-corrected chi connectivity index (χ0v) is 18.8. The Morgan fingerprint density at radius 3 is 2.81 bits per heavy atom. The smallest absolute Gasteiger partial charge is 0.241 e. The van der Waals surface area contributed by atoms with Crippen LogP contribution in [0.1, 0.15) is 29.2 Å². The summed E-state index contributed by atoms with van der Waals surface area (Å²) in [6.07, 6.45) is 0.999. The van der Waals surface area contributed by atoms with Crippen LogP contribution < -0.4 is 4.90 Å². The van der Waals surface area contributed by atoms with Gasteiger partial charge in [0.2, 0.25) is 5.91 Å². The summed E-state index contributed by atoms with van der Waals surface area (Å²) in [5, 5.41) is 3.17. The van der Waals surface area contributed by atoms with Gasteiger partial charge in [0.25, 0.3) is 0 Å². The van der Waals surface area contributed by atoms with Crippen molar-refractivity contribution < 1.29 is 9.53 Å². The molecule has 5 nitrogen and oxygen atoms in total. The van der Waals surface area contributed by atoms with Crippen LogP contribution in [0.2, 0.25) is 0 Å². The van der Waals surface area contributed by atoms with Crippen LogP contribution in [0.5, 0.6) is 0 Å². The van der Waals surface area contributed by atoms with Crippen LogP contribution in [-0.4, -0.2) is 48.1 Å². The molecule has 2 aliphatic heterocycles. The van der Waals surface area contributed by atoms with Crippen LogP contribution >= 0.6 is 11.3 Å². The van der Waals surface area contributed by atoms with Gasteiger partial charge in [-0.05, 0) is 43.5 Å². The molecule has 2 aromatic carbocycles. The second kappa shape index (κ2) is 8.54. The number of benzene rings is 2. The van der Waals surface area contributed by atoms with Crippen molar-refractivity contribution in [2.45, 2.75) is 32.5 Å². The number of anilines is 1. The molecule has 2 atom stereocenters. The highest BCUT2D eigenvalue weighted by Crippen LogP contribution is 2.33. The Kier molecular flexibility index (Phi) is 5.61. The van der Waals surface area contributed by atoms with E-state index in [4.69, 9.17) is 4.74 Å². The molecule has 0 bridgehead atoms. The summed E-state index contributed by atoms with van der Waals surface area (Å²) in [6.45, 7) is 6.79. The maximum Gasteiger partial charge on any atom is 0.241 e. The number of aromatic nitrogens is 1. The van der Waals surface area contributed by atoms with Gasteiger partial charge < -0.3 is 9.64 Å². The molecule has 0 N–H and O–H groups in total. The van der Waals surface area contributed by atoms with E-state index in [2.05, 4.69) is 52.5 Å². The molecule has 3 heterocycles. The molecule has 160 valence electrons. The molecular formula is C25H27N3O2S. The van der Waals surface area contributed by atoms with Crippen molar-refractivity contribution in [3.63, 3.8) is 0 Å². The Hall–Kier alpha value is -2.54. The number of carbonyl (C=O) groups is 1. The van der Waals surface area contributed by atoms with Gasteiger partial charge in [0, 0.05) is 36.3 Å². The molecule has 0 saturated carbocycles. The highest BCUT2D eigenvalue weighted by atomic mass is 32.1. The molecule has 0 spiro atoms. The van der Waals surface area contributed by atoms with Gasteiger partial charge in [0.15, 0.2) is 0 Å². The number of fused-ring (bicyclic) bond motifs is 1. The standard InChI is InChI=1S/C25H27N3O2S/c1-17-13-27(14-24(30-17)19-6-4-3-5-7-19)15-25(29)28-11-10-21-12-20(8-9-23(21)28)22-16-31-18(2)26-22/h3-9,12,16-17,24H,10-11,13-15H2,1-2H3. The molecule has 2 unspecified atom stereocenters. The fourth-order valence-electron chi connectivity index (χ4n) is 4.61.